The van der Waals surface area contributed by atoms with E-state index in [-0.39, 0.29) is 5.54 Å². The lowest BCUT2D eigenvalue weighted by Crippen LogP contribution is -2.35. The second kappa shape index (κ2) is 6.60. The summed E-state index contributed by atoms with van der Waals surface area (Å²) in [5, 5.41) is 5.67. The van der Waals surface area contributed by atoms with Crippen LogP contribution in [-0.2, 0) is 12.3 Å². The van der Waals surface area contributed by atoms with Crippen molar-refractivity contribution >= 4 is 23.1 Å². The monoisotopic (exact) mass is 291 g/mol. The first-order valence-electron chi connectivity index (χ1n) is 6.52. The maximum absolute atomic E-state index is 3.53. The van der Waals surface area contributed by atoms with Gasteiger partial charge in [0.15, 0.2) is 0 Å². The van der Waals surface area contributed by atoms with E-state index in [0.29, 0.717) is 0 Å². The third kappa shape index (κ3) is 5.39. The van der Waals surface area contributed by atoms with Crippen LogP contribution < -0.4 is 5.32 Å². The fraction of sp³-hybridized carbons (Fsp3) is 0.375. The smallest absolute Gasteiger partial charge is 0.0326 e. The van der Waals surface area contributed by atoms with E-state index >= 15 is 0 Å². The van der Waals surface area contributed by atoms with Crippen LogP contribution in [0.3, 0.4) is 0 Å². The second-order valence-electron chi connectivity index (χ2n) is 5.62. The van der Waals surface area contributed by atoms with E-state index in [2.05, 4.69) is 67.9 Å². The van der Waals surface area contributed by atoms with Crippen LogP contribution in [0.1, 0.15) is 31.2 Å². The molecule has 0 radical (unpaired) electrons. The lowest BCUT2D eigenvalue weighted by atomic mass is 10.1. The van der Waals surface area contributed by atoms with Crippen LogP contribution in [0, 0.1) is 0 Å². The van der Waals surface area contributed by atoms with Gasteiger partial charge in [0.2, 0.25) is 0 Å². The molecule has 0 saturated carbocycles. The first-order chi connectivity index (χ1) is 9.03. The van der Waals surface area contributed by atoms with Gasteiger partial charge in [-0.3, -0.25) is 0 Å². The summed E-state index contributed by atoms with van der Waals surface area (Å²) in [7, 11) is 0. The molecular formula is C16H21NS2. The van der Waals surface area contributed by atoms with Crippen LogP contribution >= 0.6 is 23.1 Å². The fourth-order valence-electron chi connectivity index (χ4n) is 1.66. The Morgan fingerprint density at radius 2 is 2.00 bits per heavy atom. The quantitative estimate of drug-likeness (QED) is 0.784. The van der Waals surface area contributed by atoms with Crippen LogP contribution in [-0.4, -0.2) is 5.54 Å². The summed E-state index contributed by atoms with van der Waals surface area (Å²) in [6, 6.07) is 13.1. The Bertz CT molecular complexity index is 498. The van der Waals surface area contributed by atoms with Gasteiger partial charge < -0.3 is 5.32 Å². The molecule has 0 saturated heterocycles. The Morgan fingerprint density at radius 1 is 1.16 bits per heavy atom. The Morgan fingerprint density at radius 3 is 2.68 bits per heavy atom. The van der Waals surface area contributed by atoms with Gasteiger partial charge in [-0.05, 0) is 49.9 Å². The van der Waals surface area contributed by atoms with Gasteiger partial charge in [0.1, 0.15) is 0 Å². The third-order valence-corrected chi connectivity index (χ3v) is 4.78. The number of benzene rings is 1. The molecular weight excluding hydrogens is 270 g/mol. The summed E-state index contributed by atoms with van der Waals surface area (Å²) >= 11 is 3.74. The van der Waals surface area contributed by atoms with E-state index < -0.39 is 0 Å². The maximum atomic E-state index is 3.53. The number of hydrogen-bond donors (Lipinski definition) is 1. The Kier molecular flexibility index (Phi) is 5.08. The zero-order chi connectivity index (χ0) is 13.7. The molecule has 0 spiro atoms. The van der Waals surface area contributed by atoms with Crippen molar-refractivity contribution < 1.29 is 0 Å². The standard InChI is InChI=1S/C16H21NS2/c1-16(2,3)17-11-13-6-4-7-14(10-13)19-12-15-8-5-9-18-15/h4-10,17H,11-12H2,1-3H3. The molecule has 1 aromatic heterocycles. The van der Waals surface area contributed by atoms with Crippen molar-refractivity contribution in [2.75, 3.05) is 0 Å². The van der Waals surface area contributed by atoms with E-state index in [4.69, 9.17) is 0 Å². The van der Waals surface area contributed by atoms with E-state index in [0.717, 1.165) is 12.3 Å². The molecule has 1 N–H and O–H groups in total. The van der Waals surface area contributed by atoms with Gasteiger partial charge in [-0.1, -0.05) is 18.2 Å². The van der Waals surface area contributed by atoms with Crippen molar-refractivity contribution in [2.24, 2.45) is 0 Å². The largest absolute Gasteiger partial charge is 0.308 e. The SMILES string of the molecule is CC(C)(C)NCc1cccc(SCc2cccs2)c1. The van der Waals surface area contributed by atoms with Crippen molar-refractivity contribution in [1.82, 2.24) is 5.32 Å². The predicted molar refractivity (Wildman–Crippen MR) is 86.9 cm³/mol. The highest BCUT2D eigenvalue weighted by atomic mass is 32.2. The van der Waals surface area contributed by atoms with E-state index in [1.54, 1.807) is 0 Å². The van der Waals surface area contributed by atoms with Crippen LogP contribution in [0.25, 0.3) is 0 Å². The average molecular weight is 291 g/mol. The highest BCUT2D eigenvalue weighted by molar-refractivity contribution is 7.98. The molecule has 0 fully saturated rings. The zero-order valence-electron chi connectivity index (χ0n) is 11.8. The number of thioether (sulfide) groups is 1. The van der Waals surface area contributed by atoms with Crippen molar-refractivity contribution in [3.05, 3.63) is 52.2 Å². The molecule has 102 valence electrons. The molecule has 1 heterocycles. The molecule has 1 nitrogen and oxygen atoms in total. The number of thiophene rings is 1. The van der Waals surface area contributed by atoms with E-state index in [1.807, 2.05) is 23.1 Å². The summed E-state index contributed by atoms with van der Waals surface area (Å²) < 4.78 is 0. The van der Waals surface area contributed by atoms with Crippen LogP contribution in [0.5, 0.6) is 0 Å². The maximum Gasteiger partial charge on any atom is 0.0326 e. The van der Waals surface area contributed by atoms with Crippen LogP contribution in [0.2, 0.25) is 0 Å². The molecule has 0 unspecified atom stereocenters. The van der Waals surface area contributed by atoms with Crippen molar-refractivity contribution in [3.8, 4) is 0 Å². The highest BCUT2D eigenvalue weighted by Gasteiger charge is 2.08. The summed E-state index contributed by atoms with van der Waals surface area (Å²) in [5.41, 5.74) is 1.52. The van der Waals surface area contributed by atoms with Crippen molar-refractivity contribution in [2.45, 2.75) is 43.5 Å². The second-order valence-corrected chi connectivity index (χ2v) is 7.70. The summed E-state index contributed by atoms with van der Waals surface area (Å²) in [5.74, 6) is 1.06. The highest BCUT2D eigenvalue weighted by Crippen LogP contribution is 2.25. The lowest BCUT2D eigenvalue weighted by Gasteiger charge is -2.20. The molecule has 0 atom stereocenters. The van der Waals surface area contributed by atoms with Crippen molar-refractivity contribution in [3.63, 3.8) is 0 Å². The molecule has 3 heteroatoms. The first-order valence-corrected chi connectivity index (χ1v) is 8.39. The number of nitrogens with one attached hydrogen (secondary N) is 1. The Labute approximate surface area is 124 Å². The summed E-state index contributed by atoms with van der Waals surface area (Å²) in [4.78, 5) is 2.78. The Balaban J connectivity index is 1.91. The van der Waals surface area contributed by atoms with Gasteiger partial charge in [0.05, 0.1) is 0 Å². The first kappa shape index (κ1) is 14.6. The summed E-state index contributed by atoms with van der Waals surface area (Å²) in [6.45, 7) is 7.52. The molecule has 2 aromatic rings. The number of rotatable bonds is 5. The molecule has 1 aromatic carbocycles. The van der Waals surface area contributed by atoms with Gasteiger partial charge in [0, 0.05) is 27.6 Å². The number of hydrogen-bond acceptors (Lipinski definition) is 3. The van der Waals surface area contributed by atoms with Crippen molar-refractivity contribution in [1.29, 1.82) is 0 Å². The van der Waals surface area contributed by atoms with Gasteiger partial charge >= 0.3 is 0 Å². The fourth-order valence-corrected chi connectivity index (χ4v) is 3.41. The Hall–Kier alpha value is -0.770. The molecule has 0 amide bonds. The predicted octanol–water partition coefficient (Wildman–Crippen LogP) is 4.93. The zero-order valence-corrected chi connectivity index (χ0v) is 13.4. The molecule has 0 aliphatic carbocycles. The topological polar surface area (TPSA) is 12.0 Å². The molecule has 0 bridgehead atoms. The normalized spacial score (nSPS) is 11.7. The third-order valence-electron chi connectivity index (χ3n) is 2.68. The lowest BCUT2D eigenvalue weighted by molar-refractivity contribution is 0.424. The van der Waals surface area contributed by atoms with Crippen LogP contribution in [0.15, 0.2) is 46.7 Å². The van der Waals surface area contributed by atoms with Gasteiger partial charge in [-0.2, -0.15) is 0 Å². The minimum atomic E-state index is 0.167. The molecule has 0 aliphatic rings. The molecule has 19 heavy (non-hydrogen) atoms. The minimum Gasteiger partial charge on any atom is -0.308 e. The average Bonchev–Trinajstić information content (AvgIpc) is 2.87. The van der Waals surface area contributed by atoms with Gasteiger partial charge in [-0.15, -0.1) is 23.1 Å². The molecule has 2 rings (SSSR count). The van der Waals surface area contributed by atoms with Crippen LogP contribution in [0.4, 0.5) is 0 Å². The molecule has 0 aliphatic heterocycles. The van der Waals surface area contributed by atoms with E-state index in [9.17, 15) is 0 Å². The van der Waals surface area contributed by atoms with Gasteiger partial charge in [0.25, 0.3) is 0 Å². The van der Waals surface area contributed by atoms with E-state index in [1.165, 1.54) is 15.3 Å². The van der Waals surface area contributed by atoms with Gasteiger partial charge in [-0.25, -0.2) is 0 Å². The summed E-state index contributed by atoms with van der Waals surface area (Å²) in [6.07, 6.45) is 0. The minimum absolute atomic E-state index is 0.167.